The summed E-state index contributed by atoms with van der Waals surface area (Å²) in [6, 6.07) is 16.8. The summed E-state index contributed by atoms with van der Waals surface area (Å²) in [6.45, 7) is 1.54. The van der Waals surface area contributed by atoms with Crippen molar-refractivity contribution in [2.24, 2.45) is 0 Å². The molecular formula is C25H18Cl2N4O5. The van der Waals surface area contributed by atoms with Crippen LogP contribution in [0.5, 0.6) is 5.75 Å². The van der Waals surface area contributed by atoms with Crippen LogP contribution in [0.4, 0.5) is 17.1 Å². The average Bonchev–Trinajstić information content (AvgIpc) is 2.84. The molecule has 0 saturated carbocycles. The van der Waals surface area contributed by atoms with Gasteiger partial charge in [0, 0.05) is 28.5 Å². The van der Waals surface area contributed by atoms with E-state index in [1.54, 1.807) is 30.3 Å². The van der Waals surface area contributed by atoms with Gasteiger partial charge >= 0.3 is 0 Å². The molecule has 3 aromatic rings. The van der Waals surface area contributed by atoms with Crippen LogP contribution in [0.15, 0.2) is 66.2 Å². The standard InChI is InChI=1S/C25H18Cl2N4O5/c1-15-5-7-19(12-21(15)26)29-24(32)14-36-23-8-6-16(10-22(23)27)9-17(13-28)25(33)30-18-3-2-4-20(11-18)31(34)35/h2-12H,14H2,1H3,(H,29,32)(H,30,33)/b17-9-. The molecule has 3 aromatic carbocycles. The molecule has 0 heterocycles. The Labute approximate surface area is 216 Å². The van der Waals surface area contributed by atoms with E-state index in [1.165, 1.54) is 42.5 Å². The molecule has 11 heteroatoms. The molecule has 3 rings (SSSR count). The molecule has 2 N–H and O–H groups in total. The highest BCUT2D eigenvalue weighted by atomic mass is 35.5. The predicted octanol–water partition coefficient (Wildman–Crippen LogP) is 5.77. The Morgan fingerprint density at radius 2 is 1.81 bits per heavy atom. The Hall–Kier alpha value is -4.39. The van der Waals surface area contributed by atoms with Gasteiger partial charge in [-0.15, -0.1) is 0 Å². The number of nitro groups is 1. The van der Waals surface area contributed by atoms with Crippen LogP contribution in [0.2, 0.25) is 10.0 Å². The number of rotatable bonds is 8. The lowest BCUT2D eigenvalue weighted by Gasteiger charge is -2.10. The normalized spacial score (nSPS) is 10.8. The smallest absolute Gasteiger partial charge is 0.271 e. The van der Waals surface area contributed by atoms with Crippen molar-refractivity contribution in [1.29, 1.82) is 5.26 Å². The molecule has 0 bridgehead atoms. The van der Waals surface area contributed by atoms with Crippen molar-refractivity contribution in [3.63, 3.8) is 0 Å². The van der Waals surface area contributed by atoms with Crippen molar-refractivity contribution in [2.75, 3.05) is 17.2 Å². The van der Waals surface area contributed by atoms with Gasteiger partial charge in [-0.2, -0.15) is 5.26 Å². The number of nitrogens with one attached hydrogen (secondary N) is 2. The van der Waals surface area contributed by atoms with E-state index in [-0.39, 0.29) is 34.3 Å². The monoisotopic (exact) mass is 524 g/mol. The van der Waals surface area contributed by atoms with E-state index in [4.69, 9.17) is 27.9 Å². The maximum absolute atomic E-state index is 12.5. The molecule has 0 aromatic heterocycles. The van der Waals surface area contributed by atoms with Gasteiger partial charge in [0.2, 0.25) is 0 Å². The predicted molar refractivity (Wildman–Crippen MR) is 137 cm³/mol. The van der Waals surface area contributed by atoms with Crippen molar-refractivity contribution in [2.45, 2.75) is 6.92 Å². The minimum absolute atomic E-state index is 0.159. The molecule has 2 amide bonds. The zero-order valence-corrected chi connectivity index (χ0v) is 20.3. The van der Waals surface area contributed by atoms with Crippen LogP contribution >= 0.6 is 23.2 Å². The minimum atomic E-state index is -0.748. The van der Waals surface area contributed by atoms with E-state index in [0.717, 1.165) is 5.56 Å². The zero-order chi connectivity index (χ0) is 26.2. The summed E-state index contributed by atoms with van der Waals surface area (Å²) in [5.74, 6) is -0.938. The fraction of sp³-hybridized carbons (Fsp3) is 0.0800. The number of benzene rings is 3. The second kappa shape index (κ2) is 11.8. The highest BCUT2D eigenvalue weighted by Crippen LogP contribution is 2.27. The Morgan fingerprint density at radius 1 is 1.06 bits per heavy atom. The van der Waals surface area contributed by atoms with Crippen molar-refractivity contribution in [1.82, 2.24) is 0 Å². The molecule has 0 spiro atoms. The summed E-state index contributed by atoms with van der Waals surface area (Å²) in [5.41, 5.74) is 1.56. The van der Waals surface area contributed by atoms with Gasteiger partial charge in [0.25, 0.3) is 17.5 Å². The number of ether oxygens (including phenoxy) is 1. The van der Waals surface area contributed by atoms with E-state index in [0.29, 0.717) is 16.3 Å². The molecule has 0 saturated heterocycles. The third-order valence-corrected chi connectivity index (χ3v) is 5.46. The van der Waals surface area contributed by atoms with Gasteiger partial charge in [0.15, 0.2) is 6.61 Å². The maximum atomic E-state index is 12.5. The summed E-state index contributed by atoms with van der Waals surface area (Å²) < 4.78 is 5.47. The first kappa shape index (κ1) is 26.2. The average molecular weight is 525 g/mol. The molecule has 0 aliphatic rings. The first-order valence-corrected chi connectivity index (χ1v) is 11.1. The summed E-state index contributed by atoms with van der Waals surface area (Å²) in [4.78, 5) is 34.9. The number of hydrogen-bond donors (Lipinski definition) is 2. The highest BCUT2D eigenvalue weighted by molar-refractivity contribution is 6.32. The first-order valence-electron chi connectivity index (χ1n) is 10.3. The summed E-state index contributed by atoms with van der Waals surface area (Å²) >= 11 is 12.3. The van der Waals surface area contributed by atoms with Crippen molar-refractivity contribution < 1.29 is 19.2 Å². The lowest BCUT2D eigenvalue weighted by Crippen LogP contribution is -2.20. The maximum Gasteiger partial charge on any atom is 0.271 e. The number of hydrogen-bond acceptors (Lipinski definition) is 6. The zero-order valence-electron chi connectivity index (χ0n) is 18.7. The molecule has 182 valence electrons. The number of non-ortho nitro benzene ring substituents is 1. The van der Waals surface area contributed by atoms with Gasteiger partial charge in [0.05, 0.1) is 9.95 Å². The van der Waals surface area contributed by atoms with E-state index in [9.17, 15) is 25.0 Å². The number of aryl methyl sites for hydroxylation is 1. The number of amides is 2. The number of nitro benzene ring substituents is 1. The lowest BCUT2D eigenvalue weighted by molar-refractivity contribution is -0.384. The molecule has 0 atom stereocenters. The molecule has 36 heavy (non-hydrogen) atoms. The highest BCUT2D eigenvalue weighted by Gasteiger charge is 2.13. The van der Waals surface area contributed by atoms with Crippen molar-refractivity contribution >= 4 is 58.2 Å². The number of nitrogens with zero attached hydrogens (tertiary/aromatic N) is 2. The minimum Gasteiger partial charge on any atom is -0.482 e. The van der Waals surface area contributed by atoms with Crippen molar-refractivity contribution in [3.05, 3.63) is 97.5 Å². The fourth-order valence-corrected chi connectivity index (χ4v) is 3.37. The second-order valence-electron chi connectivity index (χ2n) is 7.42. The van der Waals surface area contributed by atoms with Crippen LogP contribution in [0.25, 0.3) is 6.08 Å². The van der Waals surface area contributed by atoms with Crippen LogP contribution in [-0.4, -0.2) is 23.3 Å². The Balaban J connectivity index is 1.64. The fourth-order valence-electron chi connectivity index (χ4n) is 2.95. The SMILES string of the molecule is Cc1ccc(NC(=O)COc2ccc(/C=C(/C#N)C(=O)Nc3cccc([N+](=O)[O-])c3)cc2Cl)cc1Cl. The van der Waals surface area contributed by atoms with Crippen LogP contribution in [0.3, 0.4) is 0 Å². The van der Waals surface area contributed by atoms with E-state index in [1.807, 2.05) is 6.92 Å². The lowest BCUT2D eigenvalue weighted by atomic mass is 10.1. The van der Waals surface area contributed by atoms with E-state index < -0.39 is 16.7 Å². The number of carbonyl (C=O) groups excluding carboxylic acids is 2. The molecule has 0 radical (unpaired) electrons. The van der Waals surface area contributed by atoms with E-state index >= 15 is 0 Å². The van der Waals surface area contributed by atoms with Crippen molar-refractivity contribution in [3.8, 4) is 11.8 Å². The van der Waals surface area contributed by atoms with Gasteiger partial charge in [-0.25, -0.2) is 0 Å². The third kappa shape index (κ3) is 7.06. The van der Waals surface area contributed by atoms with Gasteiger partial charge in [-0.3, -0.25) is 19.7 Å². The molecule has 0 aliphatic heterocycles. The third-order valence-electron chi connectivity index (χ3n) is 4.76. The summed E-state index contributed by atoms with van der Waals surface area (Å²) in [7, 11) is 0. The largest absolute Gasteiger partial charge is 0.482 e. The Bertz CT molecular complexity index is 1420. The van der Waals surface area contributed by atoms with Crippen LogP contribution < -0.4 is 15.4 Å². The summed E-state index contributed by atoms with van der Waals surface area (Å²) in [5, 5.41) is 26.1. The van der Waals surface area contributed by atoms with Crippen LogP contribution in [-0.2, 0) is 9.59 Å². The number of halogens is 2. The molecule has 0 aliphatic carbocycles. The number of carbonyl (C=O) groups is 2. The molecule has 0 unspecified atom stereocenters. The van der Waals surface area contributed by atoms with Gasteiger partial charge in [-0.05, 0) is 54.5 Å². The molecular weight excluding hydrogens is 507 g/mol. The Morgan fingerprint density at radius 3 is 2.47 bits per heavy atom. The molecule has 0 fully saturated rings. The van der Waals surface area contributed by atoms with E-state index in [2.05, 4.69) is 10.6 Å². The summed E-state index contributed by atoms with van der Waals surface area (Å²) in [6.07, 6.45) is 1.30. The van der Waals surface area contributed by atoms with Gasteiger partial charge < -0.3 is 15.4 Å². The Kier molecular flexibility index (Phi) is 8.62. The van der Waals surface area contributed by atoms with Crippen LogP contribution in [0, 0.1) is 28.4 Å². The van der Waals surface area contributed by atoms with Crippen LogP contribution in [0.1, 0.15) is 11.1 Å². The number of anilines is 2. The number of nitriles is 1. The quantitative estimate of drug-likeness (QED) is 0.166. The second-order valence-corrected chi connectivity index (χ2v) is 8.24. The molecule has 9 nitrogen and oxygen atoms in total. The van der Waals surface area contributed by atoms with Gasteiger partial charge in [0.1, 0.15) is 17.4 Å². The van der Waals surface area contributed by atoms with Gasteiger partial charge in [-0.1, -0.05) is 41.4 Å². The first-order chi connectivity index (χ1) is 17.2. The topological polar surface area (TPSA) is 134 Å².